The minimum absolute atomic E-state index is 0.241. The molecule has 6 nitrogen and oxygen atoms in total. The normalized spacial score (nSPS) is 22.2. The van der Waals surface area contributed by atoms with E-state index in [9.17, 15) is 9.59 Å². The van der Waals surface area contributed by atoms with Crippen molar-refractivity contribution < 1.29 is 24.1 Å². The van der Waals surface area contributed by atoms with Crippen molar-refractivity contribution >= 4 is 12.0 Å². The Labute approximate surface area is 137 Å². The fourth-order valence-corrected chi connectivity index (χ4v) is 3.09. The lowest BCUT2D eigenvalue weighted by atomic mass is 10.1. The van der Waals surface area contributed by atoms with E-state index in [1.165, 1.54) is 23.1 Å². The van der Waals surface area contributed by atoms with E-state index in [0.717, 1.165) is 32.7 Å². The first kappa shape index (κ1) is 17.4. The Hall–Kier alpha value is -1.92. The minimum Gasteiger partial charge on any atom is -0.453 e. The van der Waals surface area contributed by atoms with Gasteiger partial charge in [0.05, 0.1) is 7.11 Å². The van der Waals surface area contributed by atoms with Crippen LogP contribution in [-0.4, -0.2) is 51.3 Å². The van der Waals surface area contributed by atoms with Gasteiger partial charge >= 0.3 is 6.09 Å². The van der Waals surface area contributed by atoms with E-state index in [1.807, 2.05) is 6.92 Å². The standard InChI is InChI=1S/C17H25N3O3/c1-13-5-4-6-15(11-13)12-19-7-9-20(10-8-19)14(2)16(21)18-17(22)23-3/h4-6,11,14H,7-10,12H2,1-3H3,(H,18,21,22)/p+2/t14-/m1/s1. The molecule has 1 atom stereocenters. The average molecular weight is 321 g/mol. The van der Waals surface area contributed by atoms with Crippen molar-refractivity contribution in [1.29, 1.82) is 0 Å². The zero-order valence-corrected chi connectivity index (χ0v) is 14.1. The number of amides is 2. The van der Waals surface area contributed by atoms with Gasteiger partial charge in [-0.3, -0.25) is 10.1 Å². The lowest BCUT2D eigenvalue weighted by molar-refractivity contribution is -1.02. The highest BCUT2D eigenvalue weighted by Crippen LogP contribution is 2.01. The van der Waals surface area contributed by atoms with E-state index in [4.69, 9.17) is 0 Å². The molecule has 2 rings (SSSR count). The van der Waals surface area contributed by atoms with E-state index >= 15 is 0 Å². The Morgan fingerprint density at radius 2 is 1.96 bits per heavy atom. The molecule has 1 heterocycles. The third-order valence-corrected chi connectivity index (χ3v) is 4.55. The molecule has 1 aromatic carbocycles. The molecule has 1 fully saturated rings. The topological polar surface area (TPSA) is 64.3 Å². The lowest BCUT2D eigenvalue weighted by Gasteiger charge is -2.32. The molecule has 2 amide bonds. The van der Waals surface area contributed by atoms with Crippen LogP contribution in [-0.2, 0) is 16.1 Å². The minimum atomic E-state index is -0.690. The molecule has 3 N–H and O–H groups in total. The number of hydrogen-bond donors (Lipinski definition) is 3. The highest BCUT2D eigenvalue weighted by atomic mass is 16.5. The van der Waals surface area contributed by atoms with Crippen LogP contribution in [0.4, 0.5) is 4.79 Å². The van der Waals surface area contributed by atoms with Gasteiger partial charge < -0.3 is 14.5 Å². The molecular formula is C17H27N3O3+2. The Morgan fingerprint density at radius 3 is 2.57 bits per heavy atom. The van der Waals surface area contributed by atoms with Gasteiger partial charge in [-0.2, -0.15) is 0 Å². The summed E-state index contributed by atoms with van der Waals surface area (Å²) >= 11 is 0. The quantitative estimate of drug-likeness (QED) is 0.636. The molecule has 6 heteroatoms. The molecule has 1 aromatic rings. The summed E-state index contributed by atoms with van der Waals surface area (Å²) in [6, 6.07) is 8.38. The zero-order valence-electron chi connectivity index (χ0n) is 14.1. The summed E-state index contributed by atoms with van der Waals surface area (Å²) in [6.07, 6.45) is -0.690. The summed E-state index contributed by atoms with van der Waals surface area (Å²) in [4.78, 5) is 25.9. The highest BCUT2D eigenvalue weighted by Gasteiger charge is 2.31. The van der Waals surface area contributed by atoms with Crippen molar-refractivity contribution in [1.82, 2.24) is 5.32 Å². The third-order valence-electron chi connectivity index (χ3n) is 4.55. The van der Waals surface area contributed by atoms with E-state index in [1.54, 1.807) is 4.90 Å². The van der Waals surface area contributed by atoms with Crippen LogP contribution in [0.25, 0.3) is 0 Å². The van der Waals surface area contributed by atoms with Crippen LogP contribution in [0.2, 0.25) is 0 Å². The van der Waals surface area contributed by atoms with Crippen molar-refractivity contribution in [2.75, 3.05) is 33.3 Å². The van der Waals surface area contributed by atoms with Crippen LogP contribution in [0, 0.1) is 6.92 Å². The van der Waals surface area contributed by atoms with Gasteiger partial charge in [0.15, 0.2) is 6.04 Å². The number of methoxy groups -OCH3 is 1. The van der Waals surface area contributed by atoms with E-state index < -0.39 is 6.09 Å². The van der Waals surface area contributed by atoms with Crippen LogP contribution in [0.15, 0.2) is 24.3 Å². The zero-order chi connectivity index (χ0) is 16.8. The SMILES string of the molecule is COC(=O)NC(=O)[C@@H](C)[NH+]1CC[NH+](Cc2cccc(C)c2)CC1. The van der Waals surface area contributed by atoms with Gasteiger partial charge in [-0.1, -0.05) is 29.8 Å². The van der Waals surface area contributed by atoms with E-state index in [-0.39, 0.29) is 11.9 Å². The number of quaternary nitrogens is 2. The molecular weight excluding hydrogens is 294 g/mol. The van der Waals surface area contributed by atoms with Gasteiger partial charge in [-0.25, -0.2) is 4.79 Å². The Bertz CT molecular complexity index is 554. The number of alkyl carbamates (subject to hydrolysis) is 1. The van der Waals surface area contributed by atoms with Crippen molar-refractivity contribution in [2.45, 2.75) is 26.4 Å². The second kappa shape index (κ2) is 8.08. The second-order valence-electron chi connectivity index (χ2n) is 6.28. The number of carbonyl (C=O) groups is 2. The first-order valence-electron chi connectivity index (χ1n) is 8.12. The number of imide groups is 1. The number of rotatable bonds is 4. The molecule has 0 unspecified atom stereocenters. The maximum atomic E-state index is 12.0. The van der Waals surface area contributed by atoms with Crippen LogP contribution in [0.1, 0.15) is 18.1 Å². The largest absolute Gasteiger partial charge is 0.453 e. The summed E-state index contributed by atoms with van der Waals surface area (Å²) in [5.74, 6) is -0.269. The van der Waals surface area contributed by atoms with Crippen molar-refractivity contribution in [3.8, 4) is 0 Å². The van der Waals surface area contributed by atoms with Crippen LogP contribution < -0.4 is 15.1 Å². The average Bonchev–Trinajstić information content (AvgIpc) is 2.54. The Kier molecular flexibility index (Phi) is 6.12. The maximum Gasteiger partial charge on any atom is 0.413 e. The molecule has 0 spiro atoms. The number of aryl methyl sites for hydroxylation is 1. The highest BCUT2D eigenvalue weighted by molar-refractivity contribution is 5.93. The summed E-state index contributed by atoms with van der Waals surface area (Å²) in [5.41, 5.74) is 2.65. The van der Waals surface area contributed by atoms with Gasteiger partial charge in [0, 0.05) is 5.56 Å². The van der Waals surface area contributed by atoms with Crippen molar-refractivity contribution in [3.63, 3.8) is 0 Å². The molecule has 0 radical (unpaired) electrons. The van der Waals surface area contributed by atoms with E-state index in [2.05, 4.69) is 41.2 Å². The Balaban J connectivity index is 1.81. The van der Waals surface area contributed by atoms with Crippen molar-refractivity contribution in [3.05, 3.63) is 35.4 Å². The summed E-state index contributed by atoms with van der Waals surface area (Å²) in [5, 5.41) is 2.26. The smallest absolute Gasteiger partial charge is 0.413 e. The van der Waals surface area contributed by atoms with Crippen LogP contribution in [0.5, 0.6) is 0 Å². The molecule has 0 aliphatic carbocycles. The molecule has 126 valence electrons. The lowest BCUT2D eigenvalue weighted by Crippen LogP contribution is -3.29. The van der Waals surface area contributed by atoms with Gasteiger partial charge in [0.2, 0.25) is 0 Å². The van der Waals surface area contributed by atoms with Gasteiger partial charge in [-0.15, -0.1) is 0 Å². The monoisotopic (exact) mass is 321 g/mol. The molecule has 0 aromatic heterocycles. The predicted octanol–water partition coefficient (Wildman–Crippen LogP) is -1.45. The molecule has 0 bridgehead atoms. The maximum absolute atomic E-state index is 12.0. The number of ether oxygens (including phenoxy) is 1. The number of carbonyl (C=O) groups excluding carboxylic acids is 2. The van der Waals surface area contributed by atoms with Crippen LogP contribution in [0.3, 0.4) is 0 Å². The number of piperazine rings is 1. The second-order valence-corrected chi connectivity index (χ2v) is 6.28. The van der Waals surface area contributed by atoms with Crippen molar-refractivity contribution in [2.24, 2.45) is 0 Å². The fraction of sp³-hybridized carbons (Fsp3) is 0.529. The molecule has 23 heavy (non-hydrogen) atoms. The van der Waals surface area contributed by atoms with E-state index in [0.29, 0.717) is 0 Å². The fourth-order valence-electron chi connectivity index (χ4n) is 3.09. The number of hydrogen-bond acceptors (Lipinski definition) is 3. The molecule has 1 saturated heterocycles. The first-order chi connectivity index (χ1) is 11.0. The number of nitrogens with one attached hydrogen (secondary N) is 3. The van der Waals surface area contributed by atoms with Crippen LogP contribution >= 0.6 is 0 Å². The summed E-state index contributed by atoms with van der Waals surface area (Å²) in [6.45, 7) is 8.91. The molecule has 1 aliphatic rings. The van der Waals surface area contributed by atoms with Gasteiger partial charge in [-0.05, 0) is 13.8 Å². The molecule has 1 aliphatic heterocycles. The summed E-state index contributed by atoms with van der Waals surface area (Å²) in [7, 11) is 1.26. The first-order valence-corrected chi connectivity index (χ1v) is 8.12. The molecule has 0 saturated carbocycles. The summed E-state index contributed by atoms with van der Waals surface area (Å²) < 4.78 is 4.47. The van der Waals surface area contributed by atoms with Gasteiger partial charge in [0.25, 0.3) is 5.91 Å². The predicted molar refractivity (Wildman–Crippen MR) is 86.3 cm³/mol. The number of benzene rings is 1. The Morgan fingerprint density at radius 1 is 1.26 bits per heavy atom. The third kappa shape index (κ3) is 5.04. The van der Waals surface area contributed by atoms with Gasteiger partial charge in [0.1, 0.15) is 32.7 Å².